The molecule has 2 aromatic rings. The van der Waals surface area contributed by atoms with Crippen LogP contribution in [0.3, 0.4) is 0 Å². The zero-order valence-electron chi connectivity index (χ0n) is 9.70. The molecule has 0 spiro atoms. The molecule has 0 radical (unpaired) electrons. The fourth-order valence-electron chi connectivity index (χ4n) is 1.70. The molecule has 2 aromatic carbocycles. The molecular formula is C15H8Cl2FN. The maximum absolute atomic E-state index is 14.0. The lowest BCUT2D eigenvalue weighted by atomic mass is 10.0. The van der Waals surface area contributed by atoms with Gasteiger partial charge in [0.2, 0.25) is 0 Å². The summed E-state index contributed by atoms with van der Waals surface area (Å²) in [5.41, 5.74) is 1.65. The van der Waals surface area contributed by atoms with Crippen molar-refractivity contribution in [2.45, 2.75) is 0 Å². The van der Waals surface area contributed by atoms with E-state index in [9.17, 15) is 4.39 Å². The molecule has 0 saturated carbocycles. The van der Waals surface area contributed by atoms with E-state index in [0.717, 1.165) is 5.56 Å². The Morgan fingerprint density at radius 3 is 2.58 bits per heavy atom. The van der Waals surface area contributed by atoms with Gasteiger partial charge < -0.3 is 0 Å². The van der Waals surface area contributed by atoms with E-state index in [4.69, 9.17) is 28.5 Å². The van der Waals surface area contributed by atoms with Crippen LogP contribution in [0.15, 0.2) is 42.5 Å². The van der Waals surface area contributed by atoms with Crippen LogP contribution in [0.2, 0.25) is 10.0 Å². The molecule has 0 aliphatic heterocycles. The third-order valence-corrected chi connectivity index (χ3v) is 3.20. The predicted molar refractivity (Wildman–Crippen MR) is 76.5 cm³/mol. The number of allylic oxidation sites excluding steroid dienone is 1. The summed E-state index contributed by atoms with van der Waals surface area (Å²) in [6, 6.07) is 11.8. The number of nitrogens with zero attached hydrogens (tertiary/aromatic N) is 1. The Hall–Kier alpha value is -1.82. The Bertz CT molecular complexity index is 687. The lowest BCUT2D eigenvalue weighted by molar-refractivity contribution is 0.632. The molecule has 0 aliphatic carbocycles. The number of hydrogen-bond donors (Lipinski definition) is 0. The number of nitriles is 1. The van der Waals surface area contributed by atoms with Crippen molar-refractivity contribution in [3.63, 3.8) is 0 Å². The maximum atomic E-state index is 14.0. The molecule has 0 saturated heterocycles. The van der Waals surface area contributed by atoms with Gasteiger partial charge in [-0.05, 0) is 29.8 Å². The van der Waals surface area contributed by atoms with E-state index >= 15 is 0 Å². The lowest BCUT2D eigenvalue weighted by Gasteiger charge is -2.08. The van der Waals surface area contributed by atoms with E-state index in [1.165, 1.54) is 12.1 Å². The minimum Gasteiger partial charge on any atom is -0.205 e. The topological polar surface area (TPSA) is 23.8 Å². The fourth-order valence-corrected chi connectivity index (χ4v) is 2.09. The Kier molecular flexibility index (Phi) is 4.21. The van der Waals surface area contributed by atoms with E-state index in [1.54, 1.807) is 36.4 Å². The van der Waals surface area contributed by atoms with Crippen molar-refractivity contribution < 1.29 is 4.39 Å². The number of hydrogen-bond acceptors (Lipinski definition) is 1. The van der Waals surface area contributed by atoms with Gasteiger partial charge in [0.05, 0.1) is 11.1 Å². The van der Waals surface area contributed by atoms with E-state index in [0.29, 0.717) is 16.1 Å². The highest BCUT2D eigenvalue weighted by Crippen LogP contribution is 2.33. The van der Waals surface area contributed by atoms with Crippen molar-refractivity contribution in [2.75, 3.05) is 0 Å². The maximum Gasteiger partial charge on any atom is 0.149 e. The second-order valence-electron chi connectivity index (χ2n) is 3.80. The Balaban J connectivity index is 2.58. The third kappa shape index (κ3) is 2.96. The summed E-state index contributed by atoms with van der Waals surface area (Å²) in [7, 11) is 0. The summed E-state index contributed by atoms with van der Waals surface area (Å²) in [4.78, 5) is 0. The molecular weight excluding hydrogens is 284 g/mol. The minimum absolute atomic E-state index is 0.0477. The Morgan fingerprint density at radius 1 is 1.05 bits per heavy atom. The van der Waals surface area contributed by atoms with E-state index < -0.39 is 5.82 Å². The molecule has 0 heterocycles. The van der Waals surface area contributed by atoms with Crippen LogP contribution in [0.1, 0.15) is 5.56 Å². The summed E-state index contributed by atoms with van der Waals surface area (Å²) < 4.78 is 14.0. The second kappa shape index (κ2) is 5.88. The van der Waals surface area contributed by atoms with E-state index in [2.05, 4.69) is 0 Å². The summed E-state index contributed by atoms with van der Waals surface area (Å²) >= 11 is 11.9. The normalized spacial score (nSPS) is 10.6. The van der Waals surface area contributed by atoms with Gasteiger partial charge in [0.1, 0.15) is 5.82 Å². The number of rotatable bonds is 2. The highest BCUT2D eigenvalue weighted by atomic mass is 35.5. The first kappa shape index (κ1) is 13.6. The SMILES string of the molecule is N#C/C=C\c1ccc(Cl)c(-c2cccc(Cl)c2F)c1. The standard InChI is InChI=1S/C15H8Cl2FN/c16-13-7-6-10(3-2-8-19)9-12(13)11-4-1-5-14(17)15(11)18/h1-7,9H/b3-2-. The van der Waals surface area contributed by atoms with Crippen LogP contribution in [0.5, 0.6) is 0 Å². The van der Waals surface area contributed by atoms with Gasteiger partial charge in [-0.2, -0.15) is 5.26 Å². The number of halogens is 3. The summed E-state index contributed by atoms with van der Waals surface area (Å²) in [5, 5.41) is 8.98. The molecule has 0 unspecified atom stereocenters. The highest BCUT2D eigenvalue weighted by molar-refractivity contribution is 6.34. The third-order valence-electron chi connectivity index (χ3n) is 2.58. The minimum atomic E-state index is -0.507. The van der Waals surface area contributed by atoms with E-state index in [-0.39, 0.29) is 5.02 Å². The fraction of sp³-hybridized carbons (Fsp3) is 0. The van der Waals surface area contributed by atoms with Gasteiger partial charge in [-0.1, -0.05) is 41.4 Å². The van der Waals surface area contributed by atoms with E-state index in [1.807, 2.05) is 6.07 Å². The summed E-state index contributed by atoms with van der Waals surface area (Å²) in [5.74, 6) is -0.507. The van der Waals surface area contributed by atoms with Crippen molar-refractivity contribution in [3.8, 4) is 17.2 Å². The molecule has 1 nitrogen and oxygen atoms in total. The lowest BCUT2D eigenvalue weighted by Crippen LogP contribution is -1.87. The first-order valence-corrected chi connectivity index (χ1v) is 6.19. The van der Waals surface area contributed by atoms with Crippen LogP contribution in [-0.4, -0.2) is 0 Å². The smallest absolute Gasteiger partial charge is 0.149 e. The summed E-state index contributed by atoms with van der Waals surface area (Å²) in [6.45, 7) is 0. The zero-order chi connectivity index (χ0) is 13.8. The molecule has 19 heavy (non-hydrogen) atoms. The molecule has 2 rings (SSSR count). The monoisotopic (exact) mass is 291 g/mol. The van der Waals surface area contributed by atoms with Gasteiger partial charge in [-0.25, -0.2) is 4.39 Å². The van der Waals surface area contributed by atoms with Crippen molar-refractivity contribution in [2.24, 2.45) is 0 Å². The van der Waals surface area contributed by atoms with Gasteiger partial charge in [0.25, 0.3) is 0 Å². The van der Waals surface area contributed by atoms with Crippen LogP contribution in [0, 0.1) is 17.1 Å². The second-order valence-corrected chi connectivity index (χ2v) is 4.62. The van der Waals surface area contributed by atoms with Gasteiger partial charge in [-0.15, -0.1) is 0 Å². The molecule has 0 atom stereocenters. The van der Waals surface area contributed by atoms with Crippen molar-refractivity contribution in [1.29, 1.82) is 5.26 Å². The van der Waals surface area contributed by atoms with Gasteiger partial charge in [-0.3, -0.25) is 0 Å². The molecule has 0 amide bonds. The largest absolute Gasteiger partial charge is 0.205 e. The highest BCUT2D eigenvalue weighted by Gasteiger charge is 2.11. The zero-order valence-corrected chi connectivity index (χ0v) is 11.2. The predicted octanol–water partition coefficient (Wildman–Crippen LogP) is 5.34. The molecule has 94 valence electrons. The van der Waals surface area contributed by atoms with Gasteiger partial charge in [0, 0.05) is 22.2 Å². The van der Waals surface area contributed by atoms with Crippen molar-refractivity contribution in [1.82, 2.24) is 0 Å². The van der Waals surface area contributed by atoms with Crippen LogP contribution in [0.4, 0.5) is 4.39 Å². The van der Waals surface area contributed by atoms with Crippen LogP contribution < -0.4 is 0 Å². The first-order valence-electron chi connectivity index (χ1n) is 5.43. The average Bonchev–Trinajstić information content (AvgIpc) is 2.41. The molecule has 0 fully saturated rings. The Labute approximate surface area is 120 Å². The van der Waals surface area contributed by atoms with Crippen LogP contribution >= 0.6 is 23.2 Å². The average molecular weight is 292 g/mol. The Morgan fingerprint density at radius 2 is 1.84 bits per heavy atom. The molecule has 0 N–H and O–H groups in total. The van der Waals surface area contributed by atoms with Gasteiger partial charge in [0.15, 0.2) is 0 Å². The van der Waals surface area contributed by atoms with Crippen molar-refractivity contribution in [3.05, 3.63) is 63.9 Å². The number of benzene rings is 2. The molecule has 0 aromatic heterocycles. The molecule has 0 aliphatic rings. The van der Waals surface area contributed by atoms with Crippen LogP contribution in [0.25, 0.3) is 17.2 Å². The van der Waals surface area contributed by atoms with Gasteiger partial charge >= 0.3 is 0 Å². The first-order chi connectivity index (χ1) is 9.13. The molecule has 0 bridgehead atoms. The van der Waals surface area contributed by atoms with Crippen molar-refractivity contribution >= 4 is 29.3 Å². The molecule has 4 heteroatoms. The quantitative estimate of drug-likeness (QED) is 0.686. The summed E-state index contributed by atoms with van der Waals surface area (Å²) in [6.07, 6.45) is 2.98. The van der Waals surface area contributed by atoms with Crippen LogP contribution in [-0.2, 0) is 0 Å².